The third-order valence-electron chi connectivity index (χ3n) is 2.67. The first-order valence-corrected chi connectivity index (χ1v) is 5.50. The van der Waals surface area contributed by atoms with Crippen LogP contribution in [0.2, 0.25) is 0 Å². The summed E-state index contributed by atoms with van der Waals surface area (Å²) in [4.78, 5) is 0. The second-order valence-electron chi connectivity index (χ2n) is 3.67. The van der Waals surface area contributed by atoms with E-state index in [9.17, 15) is 4.39 Å². The Morgan fingerprint density at radius 1 is 1.43 bits per heavy atom. The standard InChI is InChI=1S/C11H15BrFN/c1-7(6-14)8(2)10-5-9(12)3-4-11(10)13/h3-5,7-8H,6,14H2,1-2H3. The molecule has 14 heavy (non-hydrogen) atoms. The van der Waals surface area contributed by atoms with E-state index in [1.54, 1.807) is 6.07 Å². The minimum Gasteiger partial charge on any atom is -0.330 e. The van der Waals surface area contributed by atoms with E-state index in [1.165, 1.54) is 6.07 Å². The van der Waals surface area contributed by atoms with Crippen LogP contribution < -0.4 is 5.73 Å². The van der Waals surface area contributed by atoms with E-state index in [0.29, 0.717) is 12.5 Å². The quantitative estimate of drug-likeness (QED) is 0.886. The largest absolute Gasteiger partial charge is 0.330 e. The van der Waals surface area contributed by atoms with Crippen LogP contribution in [0.1, 0.15) is 25.3 Å². The summed E-state index contributed by atoms with van der Waals surface area (Å²) in [6.45, 7) is 4.61. The lowest BCUT2D eigenvalue weighted by Gasteiger charge is -2.19. The van der Waals surface area contributed by atoms with Crippen LogP contribution in [0.25, 0.3) is 0 Å². The predicted molar refractivity (Wildman–Crippen MR) is 60.7 cm³/mol. The first-order valence-electron chi connectivity index (χ1n) is 4.71. The molecule has 1 aromatic rings. The number of nitrogens with two attached hydrogens (primary N) is 1. The molecule has 0 bridgehead atoms. The summed E-state index contributed by atoms with van der Waals surface area (Å²) >= 11 is 3.34. The molecule has 0 fully saturated rings. The van der Waals surface area contributed by atoms with Crippen molar-refractivity contribution in [3.63, 3.8) is 0 Å². The minimum atomic E-state index is -0.152. The molecule has 78 valence electrons. The van der Waals surface area contributed by atoms with Crippen molar-refractivity contribution in [1.82, 2.24) is 0 Å². The SMILES string of the molecule is CC(CN)C(C)c1cc(Br)ccc1F. The summed E-state index contributed by atoms with van der Waals surface area (Å²) in [6, 6.07) is 5.02. The third kappa shape index (κ3) is 2.55. The second-order valence-corrected chi connectivity index (χ2v) is 4.58. The zero-order chi connectivity index (χ0) is 10.7. The van der Waals surface area contributed by atoms with E-state index in [0.717, 1.165) is 10.0 Å². The molecule has 0 aliphatic rings. The normalized spacial score (nSPS) is 15.2. The average molecular weight is 260 g/mol. The van der Waals surface area contributed by atoms with Gasteiger partial charge in [-0.25, -0.2) is 4.39 Å². The van der Waals surface area contributed by atoms with Gasteiger partial charge in [-0.15, -0.1) is 0 Å². The van der Waals surface area contributed by atoms with Gasteiger partial charge in [-0.2, -0.15) is 0 Å². The number of benzene rings is 1. The summed E-state index contributed by atoms with van der Waals surface area (Å²) in [5.41, 5.74) is 6.30. The Bertz CT molecular complexity index is 314. The van der Waals surface area contributed by atoms with Gasteiger partial charge in [0, 0.05) is 4.47 Å². The van der Waals surface area contributed by atoms with Gasteiger partial charge in [0.05, 0.1) is 0 Å². The van der Waals surface area contributed by atoms with Gasteiger partial charge in [-0.05, 0) is 42.1 Å². The van der Waals surface area contributed by atoms with Crippen molar-refractivity contribution in [3.05, 3.63) is 34.1 Å². The molecule has 2 unspecified atom stereocenters. The van der Waals surface area contributed by atoms with Gasteiger partial charge in [0.2, 0.25) is 0 Å². The maximum atomic E-state index is 13.5. The van der Waals surface area contributed by atoms with E-state index in [1.807, 2.05) is 19.9 Å². The Hall–Kier alpha value is -0.410. The maximum absolute atomic E-state index is 13.5. The molecule has 1 aromatic carbocycles. The van der Waals surface area contributed by atoms with Crippen molar-refractivity contribution in [2.75, 3.05) is 6.54 Å². The molecular weight excluding hydrogens is 245 g/mol. The molecule has 0 radical (unpaired) electrons. The Labute approximate surface area is 92.6 Å². The zero-order valence-electron chi connectivity index (χ0n) is 8.43. The number of hydrogen-bond acceptors (Lipinski definition) is 1. The lowest BCUT2D eigenvalue weighted by Crippen LogP contribution is -2.17. The maximum Gasteiger partial charge on any atom is 0.126 e. The fraction of sp³-hybridized carbons (Fsp3) is 0.455. The second kappa shape index (κ2) is 4.89. The van der Waals surface area contributed by atoms with E-state index >= 15 is 0 Å². The molecule has 1 rings (SSSR count). The Kier molecular flexibility index (Phi) is 4.08. The molecule has 0 aromatic heterocycles. The van der Waals surface area contributed by atoms with Gasteiger partial charge in [0.15, 0.2) is 0 Å². The first kappa shape index (κ1) is 11.7. The Morgan fingerprint density at radius 3 is 2.64 bits per heavy atom. The molecular formula is C11H15BrFN. The number of rotatable bonds is 3. The lowest BCUT2D eigenvalue weighted by atomic mass is 9.89. The molecule has 0 heterocycles. The molecule has 1 nitrogen and oxygen atoms in total. The van der Waals surface area contributed by atoms with E-state index in [-0.39, 0.29) is 11.7 Å². The Balaban J connectivity index is 2.99. The minimum absolute atomic E-state index is 0.150. The highest BCUT2D eigenvalue weighted by Gasteiger charge is 2.16. The summed E-state index contributed by atoms with van der Waals surface area (Å²) in [7, 11) is 0. The van der Waals surface area contributed by atoms with Crippen LogP contribution in [0.4, 0.5) is 4.39 Å². The number of halogens is 2. The molecule has 0 saturated heterocycles. The van der Waals surface area contributed by atoms with Gasteiger partial charge < -0.3 is 5.73 Å². The van der Waals surface area contributed by atoms with Gasteiger partial charge in [-0.1, -0.05) is 29.8 Å². The van der Waals surface area contributed by atoms with Crippen LogP contribution >= 0.6 is 15.9 Å². The molecule has 2 N–H and O–H groups in total. The van der Waals surface area contributed by atoms with Crippen molar-refractivity contribution >= 4 is 15.9 Å². The monoisotopic (exact) mass is 259 g/mol. The summed E-state index contributed by atoms with van der Waals surface area (Å²) in [6.07, 6.45) is 0. The van der Waals surface area contributed by atoms with Crippen molar-refractivity contribution in [3.8, 4) is 0 Å². The fourth-order valence-electron chi connectivity index (χ4n) is 1.37. The summed E-state index contributed by atoms with van der Waals surface area (Å²) < 4.78 is 14.4. The van der Waals surface area contributed by atoms with E-state index < -0.39 is 0 Å². The van der Waals surface area contributed by atoms with Crippen LogP contribution in [0, 0.1) is 11.7 Å². The predicted octanol–water partition coefficient (Wildman–Crippen LogP) is 3.29. The first-order chi connectivity index (χ1) is 6.56. The molecule has 0 amide bonds. The molecule has 0 saturated carbocycles. The van der Waals surface area contributed by atoms with Gasteiger partial charge in [0.25, 0.3) is 0 Å². The van der Waals surface area contributed by atoms with Crippen molar-refractivity contribution in [2.45, 2.75) is 19.8 Å². The highest BCUT2D eigenvalue weighted by molar-refractivity contribution is 9.10. The average Bonchev–Trinajstić information content (AvgIpc) is 2.19. The van der Waals surface area contributed by atoms with Gasteiger partial charge >= 0.3 is 0 Å². The molecule has 2 atom stereocenters. The van der Waals surface area contributed by atoms with Gasteiger partial charge in [-0.3, -0.25) is 0 Å². The Morgan fingerprint density at radius 2 is 2.07 bits per heavy atom. The topological polar surface area (TPSA) is 26.0 Å². The van der Waals surface area contributed by atoms with Crippen molar-refractivity contribution in [2.24, 2.45) is 11.7 Å². The van der Waals surface area contributed by atoms with Crippen molar-refractivity contribution in [1.29, 1.82) is 0 Å². The van der Waals surface area contributed by atoms with E-state index in [4.69, 9.17) is 5.73 Å². The van der Waals surface area contributed by atoms with Crippen LogP contribution in [0.5, 0.6) is 0 Å². The number of hydrogen-bond donors (Lipinski definition) is 1. The van der Waals surface area contributed by atoms with Crippen LogP contribution in [0.15, 0.2) is 22.7 Å². The molecule has 0 aliphatic heterocycles. The fourth-order valence-corrected chi connectivity index (χ4v) is 1.75. The highest BCUT2D eigenvalue weighted by atomic mass is 79.9. The lowest BCUT2D eigenvalue weighted by molar-refractivity contribution is 0.475. The molecule has 0 aliphatic carbocycles. The summed E-state index contributed by atoms with van der Waals surface area (Å²) in [5, 5.41) is 0. The molecule has 3 heteroatoms. The van der Waals surface area contributed by atoms with Crippen molar-refractivity contribution < 1.29 is 4.39 Å². The molecule has 0 spiro atoms. The third-order valence-corrected chi connectivity index (χ3v) is 3.17. The van der Waals surface area contributed by atoms with E-state index in [2.05, 4.69) is 15.9 Å². The summed E-state index contributed by atoms with van der Waals surface area (Å²) in [5.74, 6) is 0.289. The van der Waals surface area contributed by atoms with Gasteiger partial charge in [0.1, 0.15) is 5.82 Å². The van der Waals surface area contributed by atoms with Crippen LogP contribution in [0.3, 0.4) is 0 Å². The zero-order valence-corrected chi connectivity index (χ0v) is 10.0. The van der Waals surface area contributed by atoms with Crippen LogP contribution in [-0.4, -0.2) is 6.54 Å². The van der Waals surface area contributed by atoms with Crippen LogP contribution in [-0.2, 0) is 0 Å². The smallest absolute Gasteiger partial charge is 0.126 e. The highest BCUT2D eigenvalue weighted by Crippen LogP contribution is 2.28.